The number of hydrogen-bond donors (Lipinski definition) is 3. The van der Waals surface area contributed by atoms with Gasteiger partial charge in [0, 0.05) is 42.8 Å². The first kappa shape index (κ1) is 29.9. The molecule has 11 heteroatoms. The summed E-state index contributed by atoms with van der Waals surface area (Å²) in [5.74, 6) is -7.03. The number of carbonyl (C=O) groups excluding carboxylic acids is 2. The first-order chi connectivity index (χ1) is 19.5. The molecule has 1 aromatic heterocycles. The summed E-state index contributed by atoms with van der Waals surface area (Å²) >= 11 is 0. The van der Waals surface area contributed by atoms with Crippen molar-refractivity contribution in [1.82, 2.24) is 4.98 Å². The van der Waals surface area contributed by atoms with Crippen LogP contribution in [0.3, 0.4) is 0 Å². The lowest BCUT2D eigenvalue weighted by molar-refractivity contribution is -0.168. The van der Waals surface area contributed by atoms with Gasteiger partial charge in [-0.25, -0.2) is 9.18 Å². The van der Waals surface area contributed by atoms with Crippen molar-refractivity contribution in [2.45, 2.75) is 76.7 Å². The van der Waals surface area contributed by atoms with Crippen LogP contribution in [0, 0.1) is 47.3 Å². The second-order valence-electron chi connectivity index (χ2n) is 11.8. The van der Waals surface area contributed by atoms with Gasteiger partial charge in [-0.05, 0) is 25.3 Å². The van der Waals surface area contributed by atoms with Crippen LogP contribution in [0.2, 0.25) is 0 Å². The monoisotopic (exact) mass is 579 g/mol. The van der Waals surface area contributed by atoms with Gasteiger partial charge in [0.25, 0.3) is 0 Å². The summed E-state index contributed by atoms with van der Waals surface area (Å²) in [5, 5.41) is 22.7. The van der Waals surface area contributed by atoms with Crippen molar-refractivity contribution in [3.8, 4) is 0 Å². The van der Waals surface area contributed by atoms with E-state index in [4.69, 9.17) is 18.9 Å². The molecule has 226 valence electrons. The van der Waals surface area contributed by atoms with E-state index in [2.05, 4.69) is 0 Å². The molecule has 0 radical (unpaired) electrons. The molecule has 2 aliphatic carbocycles. The molecule has 0 amide bonds. The number of nitrogens with one attached hydrogen (secondary N) is 1. The maximum Gasteiger partial charge on any atom is 0.355 e. The highest BCUT2D eigenvalue weighted by atomic mass is 19.2. The topological polar surface area (TPSA) is 127 Å². The summed E-state index contributed by atoms with van der Waals surface area (Å²) in [6.45, 7) is 7.52. The molecule has 5 rings (SSSR count). The Balaban J connectivity index is 1.60. The summed E-state index contributed by atoms with van der Waals surface area (Å²) < 4.78 is 51.4. The summed E-state index contributed by atoms with van der Waals surface area (Å²) in [4.78, 5) is 28.7. The average Bonchev–Trinajstić information content (AvgIpc) is 3.38. The number of aromatic nitrogens is 1. The lowest BCUT2D eigenvalue weighted by Crippen LogP contribution is -2.59. The second-order valence-corrected chi connectivity index (χ2v) is 11.8. The van der Waals surface area contributed by atoms with Gasteiger partial charge in [0.2, 0.25) is 5.95 Å². The number of halogens is 2. The molecular weight excluding hydrogens is 540 g/mol. The fourth-order valence-corrected chi connectivity index (χ4v) is 7.74. The summed E-state index contributed by atoms with van der Waals surface area (Å²) in [6.07, 6.45) is 2.19. The Bertz CT molecular complexity index is 1210. The highest BCUT2D eigenvalue weighted by Gasteiger charge is 2.70. The molecule has 0 aromatic carbocycles. The molecule has 12 atom stereocenters. The number of methoxy groups -OCH3 is 1. The van der Waals surface area contributed by atoms with Crippen LogP contribution in [-0.4, -0.2) is 77.0 Å². The van der Waals surface area contributed by atoms with E-state index in [1.165, 1.54) is 7.11 Å². The number of H-pyrrole nitrogens is 1. The van der Waals surface area contributed by atoms with E-state index in [-0.39, 0.29) is 18.4 Å². The first-order valence-electron chi connectivity index (χ1n) is 14.4. The molecule has 9 nitrogen and oxygen atoms in total. The zero-order valence-electron chi connectivity index (χ0n) is 23.9. The standard InChI is InChI=1S/C30H39F2NO8/c1-6-15-18-9-8-16-22-23(35)17(12-38-5)25(40-29(37)20-11-19(31)27(32)33-20)26(16)41-30(18,22)14(4)10-13(3)24(21(34)7-2)39-28(15)36/h8-11,13,15-18,21-26,33-35H,6-7,12H2,1-5H3/b14-10+/t13-,15-,16-,17-,18-,21-,22+,23-,24+,25-,26-,30+/m1/s1. The highest BCUT2D eigenvalue weighted by molar-refractivity contribution is 5.87. The van der Waals surface area contributed by atoms with Crippen LogP contribution < -0.4 is 0 Å². The first-order valence-corrected chi connectivity index (χ1v) is 14.4. The fraction of sp³-hybridized carbons (Fsp3) is 0.667. The average molecular weight is 580 g/mol. The molecule has 2 fully saturated rings. The Morgan fingerprint density at radius 1 is 1.27 bits per heavy atom. The minimum absolute atomic E-state index is 0.0310. The van der Waals surface area contributed by atoms with E-state index >= 15 is 0 Å². The summed E-state index contributed by atoms with van der Waals surface area (Å²) in [6, 6.07) is 0.721. The lowest BCUT2D eigenvalue weighted by atomic mass is 9.56. The number of cyclic esters (lactones) is 1. The number of hydrogen-bond acceptors (Lipinski definition) is 8. The molecule has 41 heavy (non-hydrogen) atoms. The SMILES string of the molecule is CC[C@@H](O)[C@H]1OC(=O)[C@H](CC)[C@H]2C=C[C@H]3[C@H]4O[C@]2(/C(C)=C/[C@H]1C)[C@@H]3[C@H](O)[C@@H](COC)[C@H]4OC(=O)c1cc(F)c(F)[nH]1. The van der Waals surface area contributed by atoms with Gasteiger partial charge in [-0.3, -0.25) is 4.79 Å². The largest absolute Gasteiger partial charge is 0.459 e. The zero-order chi connectivity index (χ0) is 29.8. The van der Waals surface area contributed by atoms with Crippen molar-refractivity contribution in [3.63, 3.8) is 0 Å². The van der Waals surface area contributed by atoms with Crippen LogP contribution in [0.4, 0.5) is 8.78 Å². The van der Waals surface area contributed by atoms with Gasteiger partial charge in [-0.2, -0.15) is 4.39 Å². The molecule has 1 saturated carbocycles. The molecule has 3 N–H and O–H groups in total. The van der Waals surface area contributed by atoms with Gasteiger partial charge in [-0.1, -0.05) is 39.0 Å². The molecular formula is C30H39F2NO8. The van der Waals surface area contributed by atoms with Crippen LogP contribution in [0.1, 0.15) is 51.0 Å². The zero-order valence-corrected chi connectivity index (χ0v) is 23.9. The van der Waals surface area contributed by atoms with Crippen molar-refractivity contribution in [2.24, 2.45) is 35.5 Å². The Morgan fingerprint density at radius 2 is 2.00 bits per heavy atom. The van der Waals surface area contributed by atoms with Crippen molar-refractivity contribution in [1.29, 1.82) is 0 Å². The third kappa shape index (κ3) is 4.65. The number of aliphatic hydroxyl groups is 2. The minimum atomic E-state index is -1.28. The van der Waals surface area contributed by atoms with Gasteiger partial charge in [-0.15, -0.1) is 0 Å². The minimum Gasteiger partial charge on any atom is -0.459 e. The number of rotatable bonds is 7. The number of esters is 2. The van der Waals surface area contributed by atoms with Crippen LogP contribution in [0.15, 0.2) is 29.9 Å². The maximum atomic E-state index is 13.7. The summed E-state index contributed by atoms with van der Waals surface area (Å²) in [5.41, 5.74) is -0.749. The van der Waals surface area contributed by atoms with Gasteiger partial charge in [0.1, 0.15) is 29.6 Å². The van der Waals surface area contributed by atoms with Crippen LogP contribution >= 0.6 is 0 Å². The van der Waals surface area contributed by atoms with E-state index in [1.807, 2.05) is 50.9 Å². The third-order valence-electron chi connectivity index (χ3n) is 9.63. The lowest BCUT2D eigenvalue weighted by Gasteiger charge is -2.49. The second kappa shape index (κ2) is 11.2. The molecule has 1 aromatic rings. The smallest absolute Gasteiger partial charge is 0.355 e. The molecule has 4 bridgehead atoms. The number of aliphatic hydroxyl groups excluding tert-OH is 2. The van der Waals surface area contributed by atoms with E-state index in [0.717, 1.165) is 11.6 Å². The number of aromatic amines is 1. The van der Waals surface area contributed by atoms with Crippen LogP contribution in [0.25, 0.3) is 0 Å². The Hall–Kier alpha value is -2.60. The van der Waals surface area contributed by atoms with Gasteiger partial charge >= 0.3 is 11.9 Å². The maximum absolute atomic E-state index is 13.7. The van der Waals surface area contributed by atoms with Gasteiger partial charge in [0.05, 0.1) is 24.7 Å². The van der Waals surface area contributed by atoms with Crippen LogP contribution in [0.5, 0.6) is 0 Å². The van der Waals surface area contributed by atoms with E-state index in [1.54, 1.807) is 0 Å². The predicted molar refractivity (Wildman–Crippen MR) is 141 cm³/mol. The van der Waals surface area contributed by atoms with Crippen molar-refractivity contribution >= 4 is 11.9 Å². The van der Waals surface area contributed by atoms with E-state index < -0.39 is 89.2 Å². The normalized spacial score (nSPS) is 41.8. The Labute approximate surface area is 237 Å². The fourth-order valence-electron chi connectivity index (χ4n) is 7.74. The van der Waals surface area contributed by atoms with Crippen molar-refractivity contribution in [3.05, 3.63) is 47.3 Å². The van der Waals surface area contributed by atoms with Crippen LogP contribution in [-0.2, 0) is 23.7 Å². The molecule has 0 unspecified atom stereocenters. The highest BCUT2D eigenvalue weighted by Crippen LogP contribution is 2.62. The molecule has 1 saturated heterocycles. The molecule has 4 aliphatic rings. The van der Waals surface area contributed by atoms with Crippen molar-refractivity contribution in [2.75, 3.05) is 13.7 Å². The van der Waals surface area contributed by atoms with E-state index in [0.29, 0.717) is 12.8 Å². The molecule has 1 spiro atoms. The third-order valence-corrected chi connectivity index (χ3v) is 9.63. The van der Waals surface area contributed by atoms with Gasteiger partial charge < -0.3 is 34.1 Å². The van der Waals surface area contributed by atoms with Gasteiger partial charge in [0.15, 0.2) is 5.82 Å². The predicted octanol–water partition coefficient (Wildman–Crippen LogP) is 3.32. The molecule has 3 heterocycles. The summed E-state index contributed by atoms with van der Waals surface area (Å²) in [7, 11) is 1.47. The quantitative estimate of drug-likeness (QED) is 0.332. The van der Waals surface area contributed by atoms with Crippen molar-refractivity contribution < 1.29 is 47.5 Å². The number of carbonyl (C=O) groups is 2. The Kier molecular flexibility index (Phi) is 8.19. The van der Waals surface area contributed by atoms with E-state index in [9.17, 15) is 28.6 Å². The Morgan fingerprint density at radius 3 is 2.61 bits per heavy atom. The molecule has 2 aliphatic heterocycles. The number of ether oxygens (including phenoxy) is 4.